The van der Waals surface area contributed by atoms with Crippen molar-refractivity contribution in [3.05, 3.63) is 103 Å². The van der Waals surface area contributed by atoms with Crippen molar-refractivity contribution in [1.82, 2.24) is 4.57 Å². The van der Waals surface area contributed by atoms with Gasteiger partial charge in [-0.2, -0.15) is 0 Å². The summed E-state index contributed by atoms with van der Waals surface area (Å²) in [6.45, 7) is 10.1. The van der Waals surface area contributed by atoms with Gasteiger partial charge in [0.2, 0.25) is 6.33 Å². The zero-order valence-electron chi connectivity index (χ0n) is 19.9. The number of hydrogen-bond acceptors (Lipinski definition) is 6. The van der Waals surface area contributed by atoms with Crippen molar-refractivity contribution in [2.75, 3.05) is 6.61 Å². The molecule has 8 nitrogen and oxygen atoms in total. The van der Waals surface area contributed by atoms with Gasteiger partial charge in [-0.3, -0.25) is 0 Å². The summed E-state index contributed by atoms with van der Waals surface area (Å²) in [5, 5.41) is 0. The van der Waals surface area contributed by atoms with Gasteiger partial charge < -0.3 is 14.0 Å². The molecule has 1 aromatic heterocycles. The van der Waals surface area contributed by atoms with E-state index in [1.165, 1.54) is 24.3 Å². The van der Waals surface area contributed by atoms with Gasteiger partial charge in [-0.25, -0.2) is 22.3 Å². The van der Waals surface area contributed by atoms with Gasteiger partial charge in [0.15, 0.2) is 6.10 Å². The van der Waals surface area contributed by atoms with Gasteiger partial charge >= 0.3 is 5.97 Å². The quantitative estimate of drug-likeness (QED) is 0.184. The Labute approximate surface area is 206 Å². The highest BCUT2D eigenvalue weighted by Crippen LogP contribution is 2.10. The van der Waals surface area contributed by atoms with E-state index in [9.17, 15) is 17.8 Å². The summed E-state index contributed by atoms with van der Waals surface area (Å²) in [6, 6.07) is 15.5. The van der Waals surface area contributed by atoms with Gasteiger partial charge in [0.1, 0.15) is 29.1 Å². The van der Waals surface area contributed by atoms with Gasteiger partial charge in [-0.05, 0) is 30.2 Å². The average Bonchev–Trinajstić information content (AvgIpc) is 3.24. The van der Waals surface area contributed by atoms with Crippen LogP contribution in [-0.4, -0.2) is 36.2 Å². The highest BCUT2D eigenvalue weighted by Gasteiger charge is 2.19. The fourth-order valence-electron chi connectivity index (χ4n) is 2.87. The van der Waals surface area contributed by atoms with Crippen LogP contribution in [0.3, 0.4) is 0 Å². The van der Waals surface area contributed by atoms with E-state index >= 15 is 0 Å². The Morgan fingerprint density at radius 1 is 1.17 bits per heavy atom. The Morgan fingerprint density at radius 3 is 2.34 bits per heavy atom. The molecule has 35 heavy (non-hydrogen) atoms. The topological polar surface area (TPSA) is 102 Å². The van der Waals surface area contributed by atoms with E-state index in [2.05, 4.69) is 13.2 Å². The number of esters is 1. The van der Waals surface area contributed by atoms with E-state index in [4.69, 9.17) is 9.47 Å². The molecule has 0 bridgehead atoms. The first-order valence-electron chi connectivity index (χ1n) is 10.8. The van der Waals surface area contributed by atoms with Gasteiger partial charge in [-0.15, -0.1) is 0 Å². The summed E-state index contributed by atoms with van der Waals surface area (Å²) >= 11 is 0. The van der Waals surface area contributed by atoms with Gasteiger partial charge in [0.25, 0.3) is 0 Å². The molecule has 9 heteroatoms. The van der Waals surface area contributed by atoms with Crippen LogP contribution in [0.25, 0.3) is 6.08 Å². The highest BCUT2D eigenvalue weighted by molar-refractivity contribution is 7.85. The van der Waals surface area contributed by atoms with E-state index in [0.29, 0.717) is 25.3 Å². The monoisotopic (exact) mass is 498 g/mol. The van der Waals surface area contributed by atoms with Crippen molar-refractivity contribution in [2.45, 2.75) is 31.1 Å². The third kappa shape index (κ3) is 10.1. The zero-order chi connectivity index (χ0) is 25.8. The first kappa shape index (κ1) is 27.7. The minimum absolute atomic E-state index is 0.215. The summed E-state index contributed by atoms with van der Waals surface area (Å²) in [5.74, 6) is -0.394. The number of hydrogen-bond donors (Lipinski definition) is 0. The van der Waals surface area contributed by atoms with Crippen LogP contribution in [0.2, 0.25) is 0 Å². The molecule has 0 saturated carbocycles. The van der Waals surface area contributed by atoms with E-state index in [0.717, 1.165) is 11.1 Å². The van der Waals surface area contributed by atoms with Gasteiger partial charge in [0, 0.05) is 5.57 Å². The van der Waals surface area contributed by atoms with E-state index < -0.39 is 16.1 Å². The highest BCUT2D eigenvalue weighted by atomic mass is 32.2. The molecule has 0 fully saturated rings. The second kappa shape index (κ2) is 13.4. The largest absolute Gasteiger partial charge is 0.744 e. The second-order valence-electron chi connectivity index (χ2n) is 7.81. The number of aromatic nitrogens is 2. The predicted octanol–water partition coefficient (Wildman–Crippen LogP) is 3.25. The van der Waals surface area contributed by atoms with Crippen LogP contribution < -0.4 is 4.57 Å². The molecule has 1 heterocycles. The summed E-state index contributed by atoms with van der Waals surface area (Å²) < 4.78 is 46.4. The Hall–Kier alpha value is -3.53. The number of rotatable bonds is 10. The van der Waals surface area contributed by atoms with Crippen LogP contribution in [0.4, 0.5) is 0 Å². The maximum atomic E-state index is 11.8. The molecule has 0 saturated heterocycles. The molecular formula is C26H30N2O6S. The summed E-state index contributed by atoms with van der Waals surface area (Å²) in [6.07, 6.45) is 7.00. The van der Waals surface area contributed by atoms with Crippen LogP contribution in [0.15, 0.2) is 96.9 Å². The van der Waals surface area contributed by atoms with E-state index in [1.54, 1.807) is 13.0 Å². The van der Waals surface area contributed by atoms with Crippen LogP contribution in [0.1, 0.15) is 18.1 Å². The molecule has 0 spiro atoms. The second-order valence-corrected chi connectivity index (χ2v) is 9.19. The minimum Gasteiger partial charge on any atom is -0.744 e. The lowest BCUT2D eigenvalue weighted by atomic mass is 10.2. The van der Waals surface area contributed by atoms with Crippen molar-refractivity contribution in [3.63, 3.8) is 0 Å². The number of nitrogens with zero attached hydrogens (tertiary/aromatic N) is 2. The Balaban J connectivity index is 0.000000303. The molecule has 2 aromatic carbocycles. The third-order valence-electron chi connectivity index (χ3n) is 4.68. The van der Waals surface area contributed by atoms with Crippen molar-refractivity contribution >= 4 is 22.2 Å². The maximum absolute atomic E-state index is 11.8. The molecule has 0 amide bonds. The number of aryl methyl sites for hydroxylation is 1. The number of ether oxygens (including phenoxy) is 2. The lowest BCUT2D eigenvalue weighted by molar-refractivity contribution is -0.671. The Bertz CT molecular complexity index is 1220. The van der Waals surface area contributed by atoms with Crippen molar-refractivity contribution in [2.24, 2.45) is 7.05 Å². The van der Waals surface area contributed by atoms with Crippen molar-refractivity contribution < 1.29 is 31.8 Å². The number of benzene rings is 2. The van der Waals surface area contributed by atoms with Gasteiger partial charge in [-0.1, -0.05) is 61.7 Å². The fourth-order valence-corrected chi connectivity index (χ4v) is 3.34. The summed E-state index contributed by atoms with van der Waals surface area (Å²) in [7, 11) is -2.37. The lowest BCUT2D eigenvalue weighted by Crippen LogP contribution is -2.30. The van der Waals surface area contributed by atoms with Crippen LogP contribution in [-0.2, 0) is 44.6 Å². The fraction of sp³-hybridized carbons (Fsp3) is 0.231. The number of carbonyl (C=O) groups is 1. The Kier molecular flexibility index (Phi) is 10.6. The molecule has 3 aromatic rings. The van der Waals surface area contributed by atoms with Crippen molar-refractivity contribution in [3.8, 4) is 0 Å². The number of carbonyl (C=O) groups excluding carboxylic acids is 1. The predicted molar refractivity (Wildman–Crippen MR) is 131 cm³/mol. The van der Waals surface area contributed by atoms with Crippen LogP contribution in [0.5, 0.6) is 0 Å². The van der Waals surface area contributed by atoms with E-state index in [1.807, 2.05) is 65.2 Å². The molecule has 186 valence electrons. The maximum Gasteiger partial charge on any atom is 0.333 e. The van der Waals surface area contributed by atoms with Crippen LogP contribution in [0, 0.1) is 0 Å². The molecular weight excluding hydrogens is 468 g/mol. The lowest BCUT2D eigenvalue weighted by Gasteiger charge is -2.16. The number of imidazole rings is 1. The molecule has 0 radical (unpaired) electrons. The molecule has 3 rings (SSSR count). The third-order valence-corrected chi connectivity index (χ3v) is 5.53. The standard InChI is InChI=1S/C18H23N2O3.C8H8O3S/c1-15(2)18(21)23-17(11-20-10-9-19(3)14-20)13-22-12-16-7-5-4-6-8-16;1-2-7-3-5-8(6-4-7)12(9,10)11/h4-10,14,17H,1,11-13H2,2-3H3;2-6H,1H2,(H,9,10,11)/q+1;/p-1. The normalized spacial score (nSPS) is 11.6. The van der Waals surface area contributed by atoms with Crippen molar-refractivity contribution in [1.29, 1.82) is 0 Å². The van der Waals surface area contributed by atoms with Crippen LogP contribution >= 0.6 is 0 Å². The first-order chi connectivity index (χ1) is 16.6. The molecule has 0 aliphatic rings. The Morgan fingerprint density at radius 2 is 1.83 bits per heavy atom. The SMILES string of the molecule is C=C(C)C(=O)OC(COCc1ccccc1)Cn1cc[n+](C)c1.C=Cc1ccc(S(=O)(=O)[O-])cc1. The zero-order valence-corrected chi connectivity index (χ0v) is 20.7. The molecule has 1 unspecified atom stereocenters. The molecule has 0 aliphatic heterocycles. The minimum atomic E-state index is -4.31. The molecule has 0 aliphatic carbocycles. The smallest absolute Gasteiger partial charge is 0.333 e. The molecule has 0 N–H and O–H groups in total. The average molecular weight is 499 g/mol. The molecule has 1 atom stereocenters. The summed E-state index contributed by atoms with van der Waals surface area (Å²) in [4.78, 5) is 11.6. The first-order valence-corrected chi connectivity index (χ1v) is 12.2. The summed E-state index contributed by atoms with van der Waals surface area (Å²) in [5.41, 5.74) is 2.25. The van der Waals surface area contributed by atoms with Gasteiger partial charge in [0.05, 0.1) is 25.2 Å². The van der Waals surface area contributed by atoms with E-state index in [-0.39, 0.29) is 11.0 Å².